The Morgan fingerprint density at radius 3 is 2.57 bits per heavy atom. The smallest absolute Gasteiger partial charge is 0.243 e. The lowest BCUT2D eigenvalue weighted by atomic mass is 10.1. The Balaban J connectivity index is 1.91. The van der Waals surface area contributed by atoms with Gasteiger partial charge in [-0.1, -0.05) is 0 Å². The number of hydrogen-bond donors (Lipinski definition) is 1. The van der Waals surface area contributed by atoms with Crippen LogP contribution in [-0.4, -0.2) is 43.9 Å². The molecule has 0 unspecified atom stereocenters. The van der Waals surface area contributed by atoms with E-state index in [2.05, 4.69) is 5.32 Å². The third kappa shape index (κ3) is 3.41. The Morgan fingerprint density at radius 2 is 1.87 bits per heavy atom. The lowest BCUT2D eigenvalue weighted by Crippen LogP contribution is -2.48. The molecule has 2 heterocycles. The van der Waals surface area contributed by atoms with E-state index in [1.54, 1.807) is 18.2 Å². The number of amides is 1. The van der Waals surface area contributed by atoms with E-state index in [9.17, 15) is 13.2 Å². The van der Waals surface area contributed by atoms with E-state index in [0.29, 0.717) is 25.9 Å². The Kier molecular flexibility index (Phi) is 4.44. The van der Waals surface area contributed by atoms with Crippen LogP contribution in [0.5, 0.6) is 0 Å². The van der Waals surface area contributed by atoms with Crippen molar-refractivity contribution in [3.63, 3.8) is 0 Å². The summed E-state index contributed by atoms with van der Waals surface area (Å²) >= 11 is 0. The van der Waals surface area contributed by atoms with Crippen molar-refractivity contribution in [1.29, 1.82) is 0 Å². The number of benzene rings is 1. The fourth-order valence-corrected chi connectivity index (χ4v) is 4.83. The zero-order chi connectivity index (χ0) is 16.6. The van der Waals surface area contributed by atoms with Crippen LogP contribution in [0.15, 0.2) is 23.1 Å². The lowest BCUT2D eigenvalue weighted by molar-refractivity contribution is -0.116. The molecule has 1 aromatic rings. The van der Waals surface area contributed by atoms with Crippen LogP contribution >= 0.6 is 0 Å². The van der Waals surface area contributed by atoms with Gasteiger partial charge in [-0.05, 0) is 50.5 Å². The highest BCUT2D eigenvalue weighted by atomic mass is 32.2. The van der Waals surface area contributed by atoms with E-state index in [4.69, 9.17) is 4.74 Å². The first-order chi connectivity index (χ1) is 10.9. The molecule has 2 aliphatic rings. The highest BCUT2D eigenvalue weighted by Crippen LogP contribution is 2.28. The maximum atomic E-state index is 12.9. The van der Waals surface area contributed by atoms with Gasteiger partial charge in [0.05, 0.1) is 17.1 Å². The molecule has 126 valence electrons. The molecule has 0 aromatic heterocycles. The quantitative estimate of drug-likeness (QED) is 0.891. The molecule has 0 saturated carbocycles. The second-order valence-electron chi connectivity index (χ2n) is 6.30. The highest BCUT2D eigenvalue weighted by molar-refractivity contribution is 7.89. The van der Waals surface area contributed by atoms with Crippen molar-refractivity contribution in [3.8, 4) is 0 Å². The monoisotopic (exact) mass is 338 g/mol. The molecule has 1 saturated heterocycles. The van der Waals surface area contributed by atoms with Crippen molar-refractivity contribution in [3.05, 3.63) is 23.8 Å². The van der Waals surface area contributed by atoms with Crippen LogP contribution in [0, 0.1) is 0 Å². The maximum Gasteiger partial charge on any atom is 0.243 e. The van der Waals surface area contributed by atoms with Crippen LogP contribution in [0.25, 0.3) is 0 Å². The molecule has 0 spiro atoms. The summed E-state index contributed by atoms with van der Waals surface area (Å²) in [6.45, 7) is 4.48. The Morgan fingerprint density at radius 1 is 1.17 bits per heavy atom. The van der Waals surface area contributed by atoms with Gasteiger partial charge < -0.3 is 10.1 Å². The summed E-state index contributed by atoms with van der Waals surface area (Å²) in [5, 5.41) is 2.83. The summed E-state index contributed by atoms with van der Waals surface area (Å²) in [6, 6.07) is 4.96. The predicted molar refractivity (Wildman–Crippen MR) is 86.8 cm³/mol. The number of morpholine rings is 1. The number of hydrogen-bond acceptors (Lipinski definition) is 4. The zero-order valence-corrected chi connectivity index (χ0v) is 14.2. The topological polar surface area (TPSA) is 75.7 Å². The second kappa shape index (κ2) is 6.22. The van der Waals surface area contributed by atoms with Crippen molar-refractivity contribution in [2.45, 2.75) is 50.2 Å². The first-order valence-corrected chi connectivity index (χ1v) is 9.38. The molecule has 2 aliphatic heterocycles. The van der Waals surface area contributed by atoms with Crippen LogP contribution in [0.2, 0.25) is 0 Å². The SMILES string of the molecule is C[C@@H]1CN(S(=O)(=O)c2ccc3c(c2)CCCC(=O)N3)C[C@@H](C)O1. The van der Waals surface area contributed by atoms with Crippen LogP contribution < -0.4 is 5.32 Å². The fraction of sp³-hybridized carbons (Fsp3) is 0.562. The molecule has 7 heteroatoms. The normalized spacial score (nSPS) is 26.3. The van der Waals surface area contributed by atoms with Crippen molar-refractivity contribution >= 4 is 21.6 Å². The fourth-order valence-electron chi connectivity index (χ4n) is 3.19. The number of carbonyl (C=O) groups is 1. The molecule has 3 rings (SSSR count). The Bertz CT molecular complexity index is 707. The minimum atomic E-state index is -3.55. The number of aryl methyl sites for hydroxylation is 1. The number of rotatable bonds is 2. The average Bonchev–Trinajstić information content (AvgIpc) is 2.66. The minimum Gasteiger partial charge on any atom is -0.373 e. The molecular formula is C16H22N2O4S. The summed E-state index contributed by atoms with van der Waals surface area (Å²) in [4.78, 5) is 11.9. The van der Waals surface area contributed by atoms with Gasteiger partial charge in [0, 0.05) is 25.2 Å². The molecule has 2 atom stereocenters. The largest absolute Gasteiger partial charge is 0.373 e. The van der Waals surface area contributed by atoms with Gasteiger partial charge in [0.15, 0.2) is 0 Å². The van der Waals surface area contributed by atoms with Gasteiger partial charge in [-0.25, -0.2) is 8.42 Å². The number of anilines is 1. The molecular weight excluding hydrogens is 316 g/mol. The zero-order valence-electron chi connectivity index (χ0n) is 13.4. The van der Waals surface area contributed by atoms with Gasteiger partial charge >= 0.3 is 0 Å². The first kappa shape index (κ1) is 16.4. The summed E-state index contributed by atoms with van der Waals surface area (Å²) in [6.07, 6.45) is 1.67. The van der Waals surface area contributed by atoms with Gasteiger partial charge in [0.1, 0.15) is 0 Å². The van der Waals surface area contributed by atoms with E-state index >= 15 is 0 Å². The third-order valence-corrected chi connectivity index (χ3v) is 6.05. The number of nitrogens with zero attached hydrogens (tertiary/aromatic N) is 1. The summed E-state index contributed by atoms with van der Waals surface area (Å²) in [5.74, 6) is -0.0183. The number of ether oxygens (including phenoxy) is 1. The number of fused-ring (bicyclic) bond motifs is 1. The van der Waals surface area contributed by atoms with Crippen LogP contribution in [0.3, 0.4) is 0 Å². The summed E-state index contributed by atoms with van der Waals surface area (Å²) in [7, 11) is -3.55. The van der Waals surface area contributed by atoms with Gasteiger partial charge in [-0.3, -0.25) is 4.79 Å². The van der Waals surface area contributed by atoms with Crippen molar-refractivity contribution < 1.29 is 17.9 Å². The summed E-state index contributed by atoms with van der Waals surface area (Å²) in [5.41, 5.74) is 1.60. The van der Waals surface area contributed by atoms with Crippen LogP contribution in [0.1, 0.15) is 32.3 Å². The molecule has 1 amide bonds. The van der Waals surface area contributed by atoms with Crippen LogP contribution in [0.4, 0.5) is 5.69 Å². The van der Waals surface area contributed by atoms with Gasteiger partial charge in [-0.15, -0.1) is 0 Å². The van der Waals surface area contributed by atoms with E-state index in [0.717, 1.165) is 17.7 Å². The van der Waals surface area contributed by atoms with E-state index in [1.807, 2.05) is 13.8 Å². The van der Waals surface area contributed by atoms with E-state index in [1.165, 1.54) is 4.31 Å². The van der Waals surface area contributed by atoms with Crippen molar-refractivity contribution in [2.75, 3.05) is 18.4 Å². The van der Waals surface area contributed by atoms with E-state index in [-0.39, 0.29) is 23.0 Å². The van der Waals surface area contributed by atoms with Gasteiger partial charge in [0.25, 0.3) is 0 Å². The number of carbonyl (C=O) groups excluding carboxylic acids is 1. The molecule has 0 bridgehead atoms. The molecule has 6 nitrogen and oxygen atoms in total. The standard InChI is InChI=1S/C16H22N2O4S/c1-11-9-18(10-12(2)22-11)23(20,21)14-6-7-15-13(8-14)4-3-5-16(19)17-15/h6-8,11-12H,3-5,9-10H2,1-2H3,(H,17,19)/t11-,12-/m1/s1. The highest BCUT2D eigenvalue weighted by Gasteiger charge is 2.32. The maximum absolute atomic E-state index is 12.9. The first-order valence-electron chi connectivity index (χ1n) is 7.94. The number of sulfonamides is 1. The summed E-state index contributed by atoms with van der Waals surface area (Å²) < 4.78 is 32.9. The lowest BCUT2D eigenvalue weighted by Gasteiger charge is -2.34. The molecule has 0 radical (unpaired) electrons. The Hall–Kier alpha value is -1.44. The van der Waals surface area contributed by atoms with Crippen molar-refractivity contribution in [2.24, 2.45) is 0 Å². The van der Waals surface area contributed by atoms with Gasteiger partial charge in [-0.2, -0.15) is 4.31 Å². The molecule has 1 aromatic carbocycles. The van der Waals surface area contributed by atoms with Crippen molar-refractivity contribution in [1.82, 2.24) is 4.31 Å². The molecule has 1 N–H and O–H groups in total. The minimum absolute atomic E-state index is 0.0183. The Labute approximate surface area is 136 Å². The third-order valence-electron chi connectivity index (χ3n) is 4.22. The van der Waals surface area contributed by atoms with E-state index < -0.39 is 10.0 Å². The predicted octanol–water partition coefficient (Wildman–Crippen LogP) is 1.76. The molecule has 23 heavy (non-hydrogen) atoms. The average molecular weight is 338 g/mol. The molecule has 0 aliphatic carbocycles. The number of nitrogens with one attached hydrogen (secondary N) is 1. The second-order valence-corrected chi connectivity index (χ2v) is 8.24. The molecule has 1 fully saturated rings. The van der Waals surface area contributed by atoms with Gasteiger partial charge in [0.2, 0.25) is 15.9 Å². The van der Waals surface area contributed by atoms with Crippen LogP contribution in [-0.2, 0) is 26.0 Å².